The van der Waals surface area contributed by atoms with Gasteiger partial charge in [-0.15, -0.1) is 4.72 Å². The molecule has 2 atom stereocenters. The summed E-state index contributed by atoms with van der Waals surface area (Å²) in [4.78, 5) is 23.0. The van der Waals surface area contributed by atoms with Gasteiger partial charge in [0.25, 0.3) is 5.69 Å². The molecular formula is C19H29FN2O5S. The number of benzene rings is 1. The highest BCUT2D eigenvalue weighted by Crippen LogP contribution is 2.36. The Balaban J connectivity index is 3.42. The summed E-state index contributed by atoms with van der Waals surface area (Å²) < 4.78 is 34.9. The number of nitro benzene ring substituents is 1. The predicted molar refractivity (Wildman–Crippen MR) is 106 cm³/mol. The molecule has 0 spiro atoms. The van der Waals surface area contributed by atoms with Crippen molar-refractivity contribution in [2.75, 3.05) is 6.61 Å². The topological polar surface area (TPSA) is 105 Å². The van der Waals surface area contributed by atoms with Gasteiger partial charge in [0.05, 0.1) is 18.0 Å². The van der Waals surface area contributed by atoms with Crippen LogP contribution in [0.1, 0.15) is 59.9 Å². The lowest BCUT2D eigenvalue weighted by Crippen LogP contribution is -2.52. The highest BCUT2D eigenvalue weighted by molar-refractivity contribution is 7.90. The molecule has 0 radical (unpaired) electrons. The monoisotopic (exact) mass is 416 g/mol. The Morgan fingerprint density at radius 1 is 1.36 bits per heavy atom. The van der Waals surface area contributed by atoms with E-state index in [-0.39, 0.29) is 36.6 Å². The fourth-order valence-electron chi connectivity index (χ4n) is 2.46. The van der Waals surface area contributed by atoms with Crippen LogP contribution in [0.5, 0.6) is 0 Å². The smallest absolute Gasteiger partial charge is 0.308 e. The second kappa shape index (κ2) is 9.67. The maximum atomic E-state index is 14.7. The predicted octanol–water partition coefficient (Wildman–Crippen LogP) is 3.98. The van der Waals surface area contributed by atoms with Gasteiger partial charge in [0.15, 0.2) is 0 Å². The fourth-order valence-corrected chi connectivity index (χ4v) is 3.44. The van der Waals surface area contributed by atoms with Crippen molar-refractivity contribution in [2.24, 2.45) is 5.92 Å². The van der Waals surface area contributed by atoms with Gasteiger partial charge in [0, 0.05) is 29.1 Å². The minimum absolute atomic E-state index is 0.0803. The average molecular weight is 417 g/mol. The number of hydrogen-bond acceptors (Lipinski definition) is 6. The van der Waals surface area contributed by atoms with E-state index in [4.69, 9.17) is 4.74 Å². The summed E-state index contributed by atoms with van der Waals surface area (Å²) in [6.45, 7) is 10.9. The first kappa shape index (κ1) is 24.3. The molecule has 0 amide bonds. The van der Waals surface area contributed by atoms with Crippen molar-refractivity contribution in [3.05, 3.63) is 39.7 Å². The first-order chi connectivity index (χ1) is 12.8. The number of carbonyl (C=O) groups is 1. The first-order valence-corrected chi connectivity index (χ1v) is 10.3. The van der Waals surface area contributed by atoms with Gasteiger partial charge in [0.2, 0.25) is 0 Å². The van der Waals surface area contributed by atoms with Crippen molar-refractivity contribution >= 4 is 23.0 Å². The van der Waals surface area contributed by atoms with Crippen LogP contribution in [0, 0.1) is 21.8 Å². The normalized spacial score (nSPS) is 15.2. The number of nitro groups is 1. The van der Waals surface area contributed by atoms with Crippen LogP contribution in [0.2, 0.25) is 0 Å². The van der Waals surface area contributed by atoms with E-state index >= 15 is 0 Å². The van der Waals surface area contributed by atoms with Gasteiger partial charge in [-0.1, -0.05) is 20.8 Å². The number of esters is 1. The van der Waals surface area contributed by atoms with Gasteiger partial charge in [-0.2, -0.15) is 0 Å². The Morgan fingerprint density at radius 2 is 1.96 bits per heavy atom. The lowest BCUT2D eigenvalue weighted by molar-refractivity contribution is -0.385. The number of rotatable bonds is 9. The molecule has 9 heteroatoms. The van der Waals surface area contributed by atoms with Gasteiger partial charge in [0.1, 0.15) is 16.1 Å². The molecule has 0 aliphatic carbocycles. The van der Waals surface area contributed by atoms with Crippen LogP contribution < -0.4 is 4.72 Å². The zero-order valence-corrected chi connectivity index (χ0v) is 18.0. The number of halogens is 1. The molecule has 0 saturated carbocycles. The molecule has 0 bridgehead atoms. The van der Waals surface area contributed by atoms with Crippen molar-refractivity contribution in [3.8, 4) is 0 Å². The summed E-state index contributed by atoms with van der Waals surface area (Å²) >= 11 is -1.66. The molecule has 0 fully saturated rings. The highest BCUT2D eigenvalue weighted by atomic mass is 32.2. The molecule has 0 aliphatic rings. The maximum Gasteiger partial charge on any atom is 0.308 e. The molecule has 0 heterocycles. The Labute approximate surface area is 168 Å². The van der Waals surface area contributed by atoms with Crippen LogP contribution in [0.3, 0.4) is 0 Å². The summed E-state index contributed by atoms with van der Waals surface area (Å²) in [6, 6.07) is 3.12. The van der Waals surface area contributed by atoms with E-state index in [0.29, 0.717) is 0 Å². The van der Waals surface area contributed by atoms with Crippen LogP contribution in [-0.2, 0) is 26.4 Å². The number of nitrogens with zero attached hydrogens (tertiary/aromatic N) is 1. The van der Waals surface area contributed by atoms with E-state index in [1.165, 1.54) is 0 Å². The molecular weight excluding hydrogens is 387 g/mol. The molecule has 1 unspecified atom stereocenters. The molecule has 0 saturated heterocycles. The summed E-state index contributed by atoms with van der Waals surface area (Å²) in [6.07, 6.45) is -0.139. The van der Waals surface area contributed by atoms with Gasteiger partial charge in [-0.3, -0.25) is 14.9 Å². The van der Waals surface area contributed by atoms with Crippen LogP contribution in [-0.4, -0.2) is 26.8 Å². The number of carbonyl (C=O) groups excluding carboxylic acids is 1. The molecule has 7 nitrogen and oxygen atoms in total. The van der Waals surface area contributed by atoms with Gasteiger partial charge >= 0.3 is 5.97 Å². The van der Waals surface area contributed by atoms with Crippen molar-refractivity contribution < 1.29 is 23.4 Å². The number of hydrogen-bond donors (Lipinski definition) is 1. The second-order valence-corrected chi connectivity index (χ2v) is 10.1. The standard InChI is InChI=1S/C19H29FN2O5S/c1-7-19(21-28(26)18(4,5)6,11-17(23)27-12-13(2)3)15-10-14(22(24)25)8-9-16(15)20/h8-10,13,21H,7,11-12H2,1-6H3/t19-,28?/m0/s1. The Hall–Kier alpha value is -1.71. The highest BCUT2D eigenvalue weighted by Gasteiger charge is 2.43. The second-order valence-electron chi connectivity index (χ2n) is 8.09. The Morgan fingerprint density at radius 3 is 2.43 bits per heavy atom. The summed E-state index contributed by atoms with van der Waals surface area (Å²) in [5.74, 6) is -1.20. The third-order valence-electron chi connectivity index (χ3n) is 4.15. The SMILES string of the molecule is CC[C@@](CC(=O)OCC(C)C)(N[S+]([O-])C(C)(C)C)c1cc([N+](=O)[O-])ccc1F. The average Bonchev–Trinajstić information content (AvgIpc) is 2.58. The van der Waals surface area contributed by atoms with E-state index in [1.54, 1.807) is 27.7 Å². The lowest BCUT2D eigenvalue weighted by atomic mass is 9.84. The lowest BCUT2D eigenvalue weighted by Gasteiger charge is -2.36. The Bertz CT molecular complexity index is 708. The maximum absolute atomic E-state index is 14.7. The Kier molecular flexibility index (Phi) is 8.40. The zero-order valence-electron chi connectivity index (χ0n) is 17.2. The zero-order chi connectivity index (χ0) is 21.7. The number of nitrogens with one attached hydrogen (secondary N) is 1. The minimum Gasteiger partial charge on any atom is -0.598 e. The van der Waals surface area contributed by atoms with Crippen LogP contribution in [0.25, 0.3) is 0 Å². The quantitative estimate of drug-likeness (QED) is 0.283. The van der Waals surface area contributed by atoms with E-state index in [9.17, 15) is 23.9 Å². The third-order valence-corrected chi connectivity index (χ3v) is 5.84. The molecule has 1 aromatic rings. The van der Waals surface area contributed by atoms with Crippen molar-refractivity contribution in [1.29, 1.82) is 0 Å². The molecule has 28 heavy (non-hydrogen) atoms. The summed E-state index contributed by atoms with van der Waals surface area (Å²) in [7, 11) is 0. The van der Waals surface area contributed by atoms with Gasteiger partial charge < -0.3 is 9.29 Å². The molecule has 158 valence electrons. The van der Waals surface area contributed by atoms with E-state index in [0.717, 1.165) is 18.2 Å². The fraction of sp³-hybridized carbons (Fsp3) is 0.632. The number of ether oxygens (including phenoxy) is 1. The summed E-state index contributed by atoms with van der Waals surface area (Å²) in [5.41, 5.74) is -1.81. The van der Waals surface area contributed by atoms with Crippen molar-refractivity contribution in [2.45, 2.75) is 64.7 Å². The van der Waals surface area contributed by atoms with Gasteiger partial charge in [-0.25, -0.2) is 4.39 Å². The molecule has 0 aromatic heterocycles. The van der Waals surface area contributed by atoms with Crippen molar-refractivity contribution in [1.82, 2.24) is 4.72 Å². The number of non-ortho nitro benzene ring substituents is 1. The van der Waals surface area contributed by atoms with Crippen LogP contribution in [0.15, 0.2) is 18.2 Å². The van der Waals surface area contributed by atoms with Crippen LogP contribution >= 0.6 is 0 Å². The third kappa shape index (κ3) is 6.42. The van der Waals surface area contributed by atoms with E-state index in [2.05, 4.69) is 4.72 Å². The molecule has 1 aromatic carbocycles. The summed E-state index contributed by atoms with van der Waals surface area (Å²) in [5, 5.41) is 11.2. The molecule has 1 rings (SSSR count). The van der Waals surface area contributed by atoms with E-state index < -0.39 is 38.4 Å². The van der Waals surface area contributed by atoms with E-state index in [1.807, 2.05) is 13.8 Å². The molecule has 0 aliphatic heterocycles. The van der Waals surface area contributed by atoms with Crippen LogP contribution in [0.4, 0.5) is 10.1 Å². The van der Waals surface area contributed by atoms with Crippen molar-refractivity contribution in [3.63, 3.8) is 0 Å². The van der Waals surface area contributed by atoms with Gasteiger partial charge in [-0.05, 0) is 39.2 Å². The largest absolute Gasteiger partial charge is 0.598 e. The minimum atomic E-state index is -1.66. The first-order valence-electron chi connectivity index (χ1n) is 9.12. The molecule has 1 N–H and O–H groups in total.